The molecule has 0 spiro atoms. The summed E-state index contributed by atoms with van der Waals surface area (Å²) < 4.78 is 0.925. The van der Waals surface area contributed by atoms with Crippen molar-refractivity contribution >= 4 is 44.8 Å². The number of nitrogens with zero attached hydrogens (tertiary/aromatic N) is 1. The van der Waals surface area contributed by atoms with Crippen molar-refractivity contribution in [1.29, 1.82) is 0 Å². The molecule has 90 valence electrons. The minimum atomic E-state index is 0.166. The number of benzene rings is 2. The lowest BCUT2D eigenvalue weighted by Gasteiger charge is -2.00. The quantitative estimate of drug-likeness (QED) is 0.687. The number of aromatic hydroxyl groups is 1. The number of hydrogen-bond acceptors (Lipinski definition) is 3. The molecular weight excluding hydrogens is 289 g/mol. The standard InChI is InChI=1S/C13H7Cl2NOS/c14-9-5-4-7(17)6-8(9)13-16-11-3-1-2-10(15)12(11)18-13/h1-6,17H. The van der Waals surface area contributed by atoms with Crippen LogP contribution < -0.4 is 0 Å². The van der Waals surface area contributed by atoms with E-state index in [2.05, 4.69) is 4.98 Å². The highest BCUT2D eigenvalue weighted by atomic mass is 35.5. The van der Waals surface area contributed by atoms with E-state index in [9.17, 15) is 5.11 Å². The molecule has 0 unspecified atom stereocenters. The van der Waals surface area contributed by atoms with Crippen molar-refractivity contribution in [2.45, 2.75) is 0 Å². The SMILES string of the molecule is Oc1ccc(Cl)c(-c2nc3cccc(Cl)c3s2)c1. The van der Waals surface area contributed by atoms with Crippen molar-refractivity contribution in [2.75, 3.05) is 0 Å². The summed E-state index contributed by atoms with van der Waals surface area (Å²) in [5.74, 6) is 0.166. The largest absolute Gasteiger partial charge is 0.508 e. The molecule has 18 heavy (non-hydrogen) atoms. The second-order valence-electron chi connectivity index (χ2n) is 3.77. The Morgan fingerprint density at radius 1 is 1.06 bits per heavy atom. The van der Waals surface area contributed by atoms with Gasteiger partial charge in [0, 0.05) is 5.56 Å². The van der Waals surface area contributed by atoms with Gasteiger partial charge in [-0.05, 0) is 30.3 Å². The van der Waals surface area contributed by atoms with Crippen LogP contribution >= 0.6 is 34.5 Å². The van der Waals surface area contributed by atoms with Crippen LogP contribution in [0.15, 0.2) is 36.4 Å². The third-order valence-corrected chi connectivity index (χ3v) is 4.44. The molecule has 2 nitrogen and oxygen atoms in total. The summed E-state index contributed by atoms with van der Waals surface area (Å²) in [5.41, 5.74) is 1.55. The predicted molar refractivity (Wildman–Crippen MR) is 76.7 cm³/mol. The zero-order chi connectivity index (χ0) is 12.7. The highest BCUT2D eigenvalue weighted by Gasteiger charge is 2.12. The summed E-state index contributed by atoms with van der Waals surface area (Å²) in [6, 6.07) is 10.4. The molecule has 0 saturated carbocycles. The van der Waals surface area contributed by atoms with Crippen molar-refractivity contribution in [1.82, 2.24) is 4.98 Å². The van der Waals surface area contributed by atoms with Crippen LogP contribution in [0.1, 0.15) is 0 Å². The molecule has 1 N–H and O–H groups in total. The maximum Gasteiger partial charge on any atom is 0.126 e. The topological polar surface area (TPSA) is 33.1 Å². The van der Waals surface area contributed by atoms with Gasteiger partial charge in [-0.2, -0.15) is 0 Å². The van der Waals surface area contributed by atoms with Crippen LogP contribution in [-0.2, 0) is 0 Å². The molecule has 2 aromatic carbocycles. The molecule has 1 heterocycles. The average molecular weight is 296 g/mol. The number of phenols is 1. The predicted octanol–water partition coefficient (Wildman–Crippen LogP) is 4.98. The maximum absolute atomic E-state index is 9.52. The Kier molecular flexibility index (Phi) is 2.90. The van der Waals surface area contributed by atoms with E-state index in [0.29, 0.717) is 15.6 Å². The minimum absolute atomic E-state index is 0.166. The van der Waals surface area contributed by atoms with Gasteiger partial charge < -0.3 is 5.11 Å². The van der Waals surface area contributed by atoms with Gasteiger partial charge in [0.15, 0.2) is 0 Å². The third-order valence-electron chi connectivity index (χ3n) is 2.55. The first-order valence-electron chi connectivity index (χ1n) is 5.19. The van der Waals surface area contributed by atoms with E-state index in [-0.39, 0.29) is 5.75 Å². The molecule has 1 aromatic heterocycles. The third kappa shape index (κ3) is 1.94. The number of fused-ring (bicyclic) bond motifs is 1. The summed E-state index contributed by atoms with van der Waals surface area (Å²) in [6.45, 7) is 0. The summed E-state index contributed by atoms with van der Waals surface area (Å²) in [5, 5.41) is 11.5. The molecule has 5 heteroatoms. The molecule has 0 fully saturated rings. The molecular formula is C13H7Cl2NOS. The van der Waals surface area contributed by atoms with E-state index in [0.717, 1.165) is 15.2 Å². The second kappa shape index (κ2) is 4.43. The van der Waals surface area contributed by atoms with E-state index in [1.807, 2.05) is 18.2 Å². The van der Waals surface area contributed by atoms with Gasteiger partial charge in [0.05, 0.1) is 20.3 Å². The van der Waals surface area contributed by atoms with Crippen LogP contribution in [-0.4, -0.2) is 10.1 Å². The van der Waals surface area contributed by atoms with Gasteiger partial charge in [-0.25, -0.2) is 4.98 Å². The monoisotopic (exact) mass is 295 g/mol. The number of aromatic nitrogens is 1. The summed E-state index contributed by atoms with van der Waals surface area (Å²) in [6.07, 6.45) is 0. The Labute approximate surface area is 117 Å². The first kappa shape index (κ1) is 11.8. The van der Waals surface area contributed by atoms with Crippen LogP contribution in [0.3, 0.4) is 0 Å². The molecule has 3 aromatic rings. The van der Waals surface area contributed by atoms with Crippen LogP contribution in [0.5, 0.6) is 5.75 Å². The Morgan fingerprint density at radius 2 is 1.89 bits per heavy atom. The van der Waals surface area contributed by atoms with Crippen molar-refractivity contribution in [3.8, 4) is 16.3 Å². The Balaban J connectivity index is 2.26. The van der Waals surface area contributed by atoms with Crippen LogP contribution in [0, 0.1) is 0 Å². The first-order chi connectivity index (χ1) is 8.65. The normalized spacial score (nSPS) is 11.0. The van der Waals surface area contributed by atoms with Crippen LogP contribution in [0.2, 0.25) is 10.0 Å². The van der Waals surface area contributed by atoms with Gasteiger partial charge in [0.1, 0.15) is 10.8 Å². The first-order valence-corrected chi connectivity index (χ1v) is 6.76. The van der Waals surface area contributed by atoms with Gasteiger partial charge in [-0.15, -0.1) is 11.3 Å². The molecule has 0 aliphatic rings. The van der Waals surface area contributed by atoms with E-state index >= 15 is 0 Å². The van der Waals surface area contributed by atoms with Gasteiger partial charge in [0.25, 0.3) is 0 Å². The number of phenolic OH excluding ortho intramolecular Hbond substituents is 1. The number of halogens is 2. The van der Waals surface area contributed by atoms with Crippen LogP contribution in [0.25, 0.3) is 20.8 Å². The fourth-order valence-electron chi connectivity index (χ4n) is 1.71. The smallest absolute Gasteiger partial charge is 0.126 e. The summed E-state index contributed by atoms with van der Waals surface area (Å²) >= 11 is 13.7. The minimum Gasteiger partial charge on any atom is -0.508 e. The lowest BCUT2D eigenvalue weighted by atomic mass is 10.2. The molecule has 3 rings (SSSR count). The fourth-order valence-corrected chi connectivity index (χ4v) is 3.26. The van der Waals surface area contributed by atoms with Crippen molar-refractivity contribution in [3.05, 3.63) is 46.4 Å². The molecule has 0 bridgehead atoms. The van der Waals surface area contributed by atoms with Crippen molar-refractivity contribution < 1.29 is 5.11 Å². The van der Waals surface area contributed by atoms with Gasteiger partial charge in [0.2, 0.25) is 0 Å². The summed E-state index contributed by atoms with van der Waals surface area (Å²) in [7, 11) is 0. The highest BCUT2D eigenvalue weighted by Crippen LogP contribution is 2.38. The van der Waals surface area contributed by atoms with Gasteiger partial charge >= 0.3 is 0 Å². The molecule has 0 aliphatic heterocycles. The Hall–Kier alpha value is -1.29. The molecule has 0 amide bonds. The second-order valence-corrected chi connectivity index (χ2v) is 5.58. The Morgan fingerprint density at radius 3 is 2.67 bits per heavy atom. The zero-order valence-electron chi connectivity index (χ0n) is 9.02. The van der Waals surface area contributed by atoms with E-state index in [1.54, 1.807) is 18.2 Å². The lowest BCUT2D eigenvalue weighted by Crippen LogP contribution is -1.77. The lowest BCUT2D eigenvalue weighted by molar-refractivity contribution is 0.475. The number of rotatable bonds is 1. The van der Waals surface area contributed by atoms with E-state index in [4.69, 9.17) is 23.2 Å². The zero-order valence-corrected chi connectivity index (χ0v) is 11.4. The van der Waals surface area contributed by atoms with Gasteiger partial charge in [-0.1, -0.05) is 29.3 Å². The maximum atomic E-state index is 9.52. The Bertz CT molecular complexity index is 739. The van der Waals surface area contributed by atoms with Crippen molar-refractivity contribution in [3.63, 3.8) is 0 Å². The number of hydrogen-bond donors (Lipinski definition) is 1. The molecule has 0 atom stereocenters. The van der Waals surface area contributed by atoms with E-state index in [1.165, 1.54) is 11.3 Å². The van der Waals surface area contributed by atoms with Crippen molar-refractivity contribution in [2.24, 2.45) is 0 Å². The van der Waals surface area contributed by atoms with Crippen LogP contribution in [0.4, 0.5) is 0 Å². The highest BCUT2D eigenvalue weighted by molar-refractivity contribution is 7.22. The number of thiazole rings is 1. The average Bonchev–Trinajstić information content (AvgIpc) is 2.77. The fraction of sp³-hybridized carbons (Fsp3) is 0. The van der Waals surface area contributed by atoms with E-state index < -0.39 is 0 Å². The summed E-state index contributed by atoms with van der Waals surface area (Å²) in [4.78, 5) is 4.48. The molecule has 0 saturated heterocycles. The van der Waals surface area contributed by atoms with Gasteiger partial charge in [-0.3, -0.25) is 0 Å². The molecule has 0 radical (unpaired) electrons. The molecule has 0 aliphatic carbocycles.